The fourth-order valence-corrected chi connectivity index (χ4v) is 2.48. The Kier molecular flexibility index (Phi) is 4.29. The van der Waals surface area contributed by atoms with Crippen LogP contribution < -0.4 is 5.11 Å². The minimum Gasteiger partial charge on any atom is -0.544 e. The number of hydrogen-bond acceptors (Lipinski definition) is 3. The van der Waals surface area contributed by atoms with Gasteiger partial charge in [-0.05, 0) is 55.8 Å². The molecule has 0 spiro atoms. The molecule has 0 fully saturated rings. The summed E-state index contributed by atoms with van der Waals surface area (Å²) in [6.07, 6.45) is 1.34. The molecule has 1 aromatic heterocycles. The maximum Gasteiger partial charge on any atom is 0.101 e. The van der Waals surface area contributed by atoms with E-state index < -0.39 is 5.97 Å². The third-order valence-corrected chi connectivity index (χ3v) is 3.72. The van der Waals surface area contributed by atoms with Crippen LogP contribution in [0.3, 0.4) is 0 Å². The lowest BCUT2D eigenvalue weighted by Gasteiger charge is -2.09. The summed E-state index contributed by atoms with van der Waals surface area (Å²) in [7, 11) is 0. The quantitative estimate of drug-likeness (QED) is 0.635. The Labute approximate surface area is 131 Å². The van der Waals surface area contributed by atoms with Gasteiger partial charge in [0.05, 0.1) is 11.5 Å². The Bertz CT molecular complexity index is 765. The number of carboxylic acids is 1. The second-order valence-electron chi connectivity index (χ2n) is 4.60. The van der Waals surface area contributed by atoms with E-state index in [1.165, 1.54) is 6.08 Å². The molecule has 0 radical (unpaired) electrons. The van der Waals surface area contributed by atoms with E-state index in [-0.39, 0.29) is 5.57 Å². The number of aliphatic carboxylic acids is 1. The SMILES string of the molecule is Cc1cc(/C=C(\C#N)C(=O)[O-])c(C)n1-c1ccc(Br)cc1. The van der Waals surface area contributed by atoms with Gasteiger partial charge in [-0.1, -0.05) is 15.9 Å². The molecule has 1 heterocycles. The summed E-state index contributed by atoms with van der Waals surface area (Å²) >= 11 is 3.39. The van der Waals surface area contributed by atoms with E-state index in [4.69, 9.17) is 5.26 Å². The van der Waals surface area contributed by atoms with Gasteiger partial charge in [0.25, 0.3) is 0 Å². The third-order valence-electron chi connectivity index (χ3n) is 3.20. The number of nitriles is 1. The standard InChI is InChI=1S/C16H13BrN2O2/c1-10-7-12(8-13(9-18)16(20)21)11(2)19(10)15-5-3-14(17)4-6-15/h3-8H,1-2H3,(H,20,21)/p-1/b13-8+. The normalized spacial score (nSPS) is 11.2. The molecular formula is C16H12BrN2O2-. The van der Waals surface area contributed by atoms with Crippen molar-refractivity contribution in [3.63, 3.8) is 0 Å². The second-order valence-corrected chi connectivity index (χ2v) is 5.51. The number of nitrogens with zero attached hydrogens (tertiary/aromatic N) is 2. The first-order valence-electron chi connectivity index (χ1n) is 6.22. The average molecular weight is 344 g/mol. The van der Waals surface area contributed by atoms with Gasteiger partial charge >= 0.3 is 0 Å². The molecule has 4 nitrogen and oxygen atoms in total. The predicted octanol–water partition coefficient (Wildman–Crippen LogP) is 2.51. The lowest BCUT2D eigenvalue weighted by atomic mass is 10.1. The molecule has 0 saturated carbocycles. The van der Waals surface area contributed by atoms with Gasteiger partial charge in [0.1, 0.15) is 6.07 Å². The van der Waals surface area contributed by atoms with Crippen LogP contribution in [0.25, 0.3) is 11.8 Å². The van der Waals surface area contributed by atoms with E-state index in [9.17, 15) is 9.90 Å². The number of carboxylic acid groups (broad SMARTS) is 1. The van der Waals surface area contributed by atoms with Crippen molar-refractivity contribution >= 4 is 28.0 Å². The minimum absolute atomic E-state index is 0.383. The zero-order valence-corrected chi connectivity index (χ0v) is 13.1. The van der Waals surface area contributed by atoms with Gasteiger partial charge in [-0.15, -0.1) is 0 Å². The van der Waals surface area contributed by atoms with E-state index in [1.54, 1.807) is 6.07 Å². The first-order chi connectivity index (χ1) is 9.93. The van der Waals surface area contributed by atoms with Gasteiger partial charge in [-0.2, -0.15) is 5.26 Å². The summed E-state index contributed by atoms with van der Waals surface area (Å²) in [5.74, 6) is -1.47. The van der Waals surface area contributed by atoms with E-state index in [2.05, 4.69) is 15.9 Å². The lowest BCUT2D eigenvalue weighted by Crippen LogP contribution is -2.23. The molecule has 0 aliphatic rings. The van der Waals surface area contributed by atoms with Gasteiger partial charge in [0.2, 0.25) is 0 Å². The number of benzene rings is 1. The highest BCUT2D eigenvalue weighted by molar-refractivity contribution is 9.10. The Morgan fingerprint density at radius 1 is 1.33 bits per heavy atom. The monoisotopic (exact) mass is 343 g/mol. The van der Waals surface area contributed by atoms with Crippen molar-refractivity contribution in [1.29, 1.82) is 5.26 Å². The number of halogens is 1. The van der Waals surface area contributed by atoms with E-state index in [1.807, 2.05) is 48.7 Å². The summed E-state index contributed by atoms with van der Waals surface area (Å²) < 4.78 is 2.99. The van der Waals surface area contributed by atoms with Crippen molar-refractivity contribution in [2.45, 2.75) is 13.8 Å². The average Bonchev–Trinajstić information content (AvgIpc) is 2.71. The van der Waals surface area contributed by atoms with Gasteiger partial charge in [-0.3, -0.25) is 0 Å². The molecule has 0 aliphatic carbocycles. The first kappa shape index (κ1) is 15.1. The molecule has 0 N–H and O–H groups in total. The molecule has 0 unspecified atom stereocenters. The highest BCUT2D eigenvalue weighted by atomic mass is 79.9. The summed E-state index contributed by atoms with van der Waals surface area (Å²) in [4.78, 5) is 10.8. The van der Waals surface area contributed by atoms with E-state index in [0.29, 0.717) is 5.56 Å². The summed E-state index contributed by atoms with van der Waals surface area (Å²) in [5.41, 5.74) is 3.10. The first-order valence-corrected chi connectivity index (χ1v) is 7.01. The van der Waals surface area contributed by atoms with Crippen molar-refractivity contribution in [3.05, 3.63) is 57.3 Å². The van der Waals surface area contributed by atoms with Crippen LogP contribution in [-0.2, 0) is 4.79 Å². The third kappa shape index (κ3) is 3.06. The van der Waals surface area contributed by atoms with Crippen molar-refractivity contribution in [1.82, 2.24) is 4.57 Å². The van der Waals surface area contributed by atoms with Crippen molar-refractivity contribution < 1.29 is 9.90 Å². The smallest absolute Gasteiger partial charge is 0.101 e. The van der Waals surface area contributed by atoms with Gasteiger partial charge in [0.15, 0.2) is 0 Å². The van der Waals surface area contributed by atoms with Crippen LogP contribution in [0.4, 0.5) is 0 Å². The van der Waals surface area contributed by atoms with Crippen molar-refractivity contribution in [2.24, 2.45) is 0 Å². The van der Waals surface area contributed by atoms with Gasteiger partial charge in [-0.25, -0.2) is 0 Å². The Hall–Kier alpha value is -2.32. The highest BCUT2D eigenvalue weighted by Crippen LogP contribution is 2.23. The number of hydrogen-bond donors (Lipinski definition) is 0. The van der Waals surface area contributed by atoms with Crippen LogP contribution in [0.2, 0.25) is 0 Å². The number of carbonyl (C=O) groups excluding carboxylic acids is 1. The Balaban J connectivity index is 2.55. The molecule has 2 rings (SSSR count). The van der Waals surface area contributed by atoms with Crippen LogP contribution in [0.5, 0.6) is 0 Å². The number of carbonyl (C=O) groups is 1. The van der Waals surface area contributed by atoms with Gasteiger partial charge < -0.3 is 14.5 Å². The predicted molar refractivity (Wildman–Crippen MR) is 81.5 cm³/mol. The second kappa shape index (κ2) is 5.98. The number of aromatic nitrogens is 1. The van der Waals surface area contributed by atoms with E-state index >= 15 is 0 Å². The maximum absolute atomic E-state index is 10.8. The van der Waals surface area contributed by atoms with Crippen molar-refractivity contribution in [2.75, 3.05) is 0 Å². The molecule has 2 aromatic rings. The molecule has 0 bridgehead atoms. The number of aryl methyl sites for hydroxylation is 1. The van der Waals surface area contributed by atoms with Crippen molar-refractivity contribution in [3.8, 4) is 11.8 Å². The molecule has 21 heavy (non-hydrogen) atoms. The molecule has 0 amide bonds. The fraction of sp³-hybridized carbons (Fsp3) is 0.125. The summed E-state index contributed by atoms with van der Waals surface area (Å²) in [6, 6.07) is 11.3. The molecule has 1 aromatic carbocycles. The maximum atomic E-state index is 10.8. The van der Waals surface area contributed by atoms with Crippen LogP contribution in [-0.4, -0.2) is 10.5 Å². The fourth-order valence-electron chi connectivity index (χ4n) is 2.21. The molecule has 106 valence electrons. The molecule has 0 saturated heterocycles. The highest BCUT2D eigenvalue weighted by Gasteiger charge is 2.10. The topological polar surface area (TPSA) is 68.8 Å². The summed E-state index contributed by atoms with van der Waals surface area (Å²) in [6.45, 7) is 3.81. The molecule has 0 aliphatic heterocycles. The van der Waals surface area contributed by atoms with Crippen LogP contribution in [0.15, 0.2) is 40.4 Å². The minimum atomic E-state index is -1.47. The van der Waals surface area contributed by atoms with Gasteiger partial charge in [0, 0.05) is 21.5 Å². The summed E-state index contributed by atoms with van der Waals surface area (Å²) in [5, 5.41) is 19.7. The van der Waals surface area contributed by atoms with E-state index in [0.717, 1.165) is 21.5 Å². The molecule has 5 heteroatoms. The van der Waals surface area contributed by atoms with Crippen LogP contribution >= 0.6 is 15.9 Å². The Morgan fingerprint density at radius 3 is 2.48 bits per heavy atom. The number of rotatable bonds is 3. The Morgan fingerprint density at radius 2 is 1.95 bits per heavy atom. The van der Waals surface area contributed by atoms with Crippen LogP contribution in [0.1, 0.15) is 17.0 Å². The zero-order valence-electron chi connectivity index (χ0n) is 11.6. The molecule has 0 atom stereocenters. The lowest BCUT2D eigenvalue weighted by molar-refractivity contribution is -0.298. The largest absolute Gasteiger partial charge is 0.544 e. The van der Waals surface area contributed by atoms with Crippen LogP contribution in [0, 0.1) is 25.2 Å². The molecular weight excluding hydrogens is 332 g/mol. The zero-order chi connectivity index (χ0) is 15.6.